The van der Waals surface area contributed by atoms with Crippen LogP contribution in [0.25, 0.3) is 10.2 Å². The molecule has 1 saturated heterocycles. The van der Waals surface area contributed by atoms with Gasteiger partial charge in [0, 0.05) is 12.5 Å². The molecule has 6 nitrogen and oxygen atoms in total. The van der Waals surface area contributed by atoms with Crippen LogP contribution in [0.3, 0.4) is 0 Å². The summed E-state index contributed by atoms with van der Waals surface area (Å²) in [7, 11) is 0. The average molecular weight is 344 g/mol. The molecule has 0 bridgehead atoms. The zero-order chi connectivity index (χ0) is 16.7. The van der Waals surface area contributed by atoms with E-state index in [0.29, 0.717) is 17.4 Å². The van der Waals surface area contributed by atoms with Crippen LogP contribution < -0.4 is 0 Å². The molecular weight excluding hydrogens is 324 g/mol. The lowest BCUT2D eigenvalue weighted by molar-refractivity contribution is 0.0556. The summed E-state index contributed by atoms with van der Waals surface area (Å²) < 4.78 is 6.57. The molecule has 3 aromatic rings. The van der Waals surface area contributed by atoms with Crippen LogP contribution in [-0.2, 0) is 0 Å². The van der Waals surface area contributed by atoms with Gasteiger partial charge in [0.05, 0.1) is 10.2 Å². The van der Waals surface area contributed by atoms with Gasteiger partial charge >= 0.3 is 0 Å². The monoisotopic (exact) mass is 344 g/mol. The number of carbonyl (C=O) groups is 1. The number of hydrogen-bond donors (Lipinski definition) is 1. The number of hydrogen-bond acceptors (Lipinski definition) is 5. The van der Waals surface area contributed by atoms with Crippen LogP contribution in [0.4, 0.5) is 0 Å². The molecule has 3 aromatic heterocycles. The Morgan fingerprint density at radius 3 is 3.08 bits per heavy atom. The van der Waals surface area contributed by atoms with Crippen molar-refractivity contribution in [3.63, 3.8) is 0 Å². The fourth-order valence-corrected chi connectivity index (χ4v) is 3.95. The number of thiophene rings is 1. The van der Waals surface area contributed by atoms with Crippen LogP contribution in [-0.4, -0.2) is 32.5 Å². The van der Waals surface area contributed by atoms with Crippen molar-refractivity contribution in [2.24, 2.45) is 0 Å². The Morgan fingerprint density at radius 2 is 2.33 bits per heavy atom. The molecule has 126 valence electrons. The number of H-pyrrole nitrogens is 1. The second-order valence-corrected chi connectivity index (χ2v) is 7.48. The molecule has 0 spiro atoms. The van der Waals surface area contributed by atoms with Gasteiger partial charge in [0.25, 0.3) is 5.91 Å². The van der Waals surface area contributed by atoms with E-state index in [9.17, 15) is 4.79 Å². The molecule has 24 heavy (non-hydrogen) atoms. The summed E-state index contributed by atoms with van der Waals surface area (Å²) >= 11 is 1.63. The number of aromatic nitrogens is 3. The van der Waals surface area contributed by atoms with Crippen molar-refractivity contribution < 1.29 is 9.32 Å². The summed E-state index contributed by atoms with van der Waals surface area (Å²) in [6, 6.07) is 3.80. The van der Waals surface area contributed by atoms with Crippen molar-refractivity contribution in [3.05, 3.63) is 34.9 Å². The molecule has 0 aliphatic carbocycles. The van der Waals surface area contributed by atoms with Gasteiger partial charge in [-0.05, 0) is 36.8 Å². The van der Waals surface area contributed by atoms with Crippen molar-refractivity contribution in [2.75, 3.05) is 6.54 Å². The third-order valence-electron chi connectivity index (χ3n) is 4.49. The number of piperidine rings is 1. The van der Waals surface area contributed by atoms with E-state index in [1.165, 1.54) is 0 Å². The van der Waals surface area contributed by atoms with Crippen LogP contribution >= 0.6 is 11.3 Å². The van der Waals surface area contributed by atoms with E-state index in [4.69, 9.17) is 4.52 Å². The summed E-state index contributed by atoms with van der Waals surface area (Å²) in [6.07, 6.45) is 2.93. The summed E-state index contributed by atoms with van der Waals surface area (Å²) in [5.41, 5.74) is 1.64. The maximum atomic E-state index is 13.0. The highest BCUT2D eigenvalue weighted by Crippen LogP contribution is 2.32. The molecule has 0 radical (unpaired) electrons. The lowest BCUT2D eigenvalue weighted by Gasteiger charge is -2.33. The standard InChI is InChI=1S/C17H20N4O2S/c1-10(2)15-19-16(23-20-15)13-5-3-4-7-21(13)17(22)12-9-14-11(18-12)6-8-24-14/h6,8-10,13,18H,3-5,7H2,1-2H3. The molecule has 4 heterocycles. The number of fused-ring (bicyclic) bond motifs is 1. The first-order chi connectivity index (χ1) is 11.6. The van der Waals surface area contributed by atoms with Gasteiger partial charge in [-0.2, -0.15) is 4.98 Å². The van der Waals surface area contributed by atoms with Gasteiger partial charge < -0.3 is 14.4 Å². The zero-order valence-corrected chi connectivity index (χ0v) is 14.6. The van der Waals surface area contributed by atoms with Crippen LogP contribution in [0, 0.1) is 0 Å². The minimum absolute atomic E-state index is 0.00685. The van der Waals surface area contributed by atoms with Crippen molar-refractivity contribution >= 4 is 27.5 Å². The summed E-state index contributed by atoms with van der Waals surface area (Å²) in [6.45, 7) is 4.78. The highest BCUT2D eigenvalue weighted by atomic mass is 32.1. The first-order valence-corrected chi connectivity index (χ1v) is 9.22. The lowest BCUT2D eigenvalue weighted by atomic mass is 10.0. The van der Waals surface area contributed by atoms with E-state index < -0.39 is 0 Å². The average Bonchev–Trinajstić information content (AvgIpc) is 3.29. The molecule has 1 aliphatic rings. The largest absolute Gasteiger partial charge is 0.350 e. The maximum Gasteiger partial charge on any atom is 0.271 e. The molecule has 4 rings (SSSR count). The number of likely N-dealkylation sites (tertiary alicyclic amines) is 1. The minimum atomic E-state index is -0.132. The van der Waals surface area contributed by atoms with E-state index in [1.807, 2.05) is 36.3 Å². The molecule has 1 unspecified atom stereocenters. The number of amides is 1. The Balaban J connectivity index is 1.63. The molecule has 0 saturated carbocycles. The van der Waals surface area contributed by atoms with Crippen molar-refractivity contribution in [2.45, 2.75) is 45.1 Å². The highest BCUT2D eigenvalue weighted by Gasteiger charge is 2.33. The van der Waals surface area contributed by atoms with Crippen molar-refractivity contribution in [3.8, 4) is 0 Å². The number of nitrogens with zero attached hydrogens (tertiary/aromatic N) is 3. The van der Waals surface area contributed by atoms with Gasteiger partial charge in [-0.3, -0.25) is 4.79 Å². The minimum Gasteiger partial charge on any atom is -0.350 e. The van der Waals surface area contributed by atoms with Crippen LogP contribution in [0.5, 0.6) is 0 Å². The topological polar surface area (TPSA) is 75.0 Å². The van der Waals surface area contributed by atoms with Crippen molar-refractivity contribution in [1.82, 2.24) is 20.0 Å². The SMILES string of the molecule is CC(C)c1noc(C2CCCCN2C(=O)c2cc3sccc3[nH]2)n1. The molecule has 1 atom stereocenters. The molecule has 7 heteroatoms. The van der Waals surface area contributed by atoms with Gasteiger partial charge in [-0.15, -0.1) is 11.3 Å². The van der Waals surface area contributed by atoms with E-state index in [-0.39, 0.29) is 17.9 Å². The zero-order valence-electron chi connectivity index (χ0n) is 13.8. The molecular formula is C17H20N4O2S. The fourth-order valence-electron chi connectivity index (χ4n) is 3.17. The molecule has 1 aliphatic heterocycles. The van der Waals surface area contributed by atoms with Gasteiger partial charge in [0.1, 0.15) is 11.7 Å². The smallest absolute Gasteiger partial charge is 0.271 e. The second kappa shape index (κ2) is 6.05. The van der Waals surface area contributed by atoms with Gasteiger partial charge in [0.15, 0.2) is 5.82 Å². The van der Waals surface area contributed by atoms with E-state index in [2.05, 4.69) is 15.1 Å². The molecule has 1 N–H and O–H groups in total. The Morgan fingerprint density at radius 1 is 1.46 bits per heavy atom. The first kappa shape index (κ1) is 15.4. The number of carbonyl (C=O) groups excluding carboxylic acids is 1. The second-order valence-electron chi connectivity index (χ2n) is 6.54. The van der Waals surface area contributed by atoms with E-state index in [1.54, 1.807) is 11.3 Å². The van der Waals surface area contributed by atoms with Crippen LogP contribution in [0.2, 0.25) is 0 Å². The van der Waals surface area contributed by atoms with Gasteiger partial charge in [-0.1, -0.05) is 19.0 Å². The summed E-state index contributed by atoms with van der Waals surface area (Å²) in [5.74, 6) is 1.47. The molecule has 0 aromatic carbocycles. The maximum absolute atomic E-state index is 13.0. The highest BCUT2D eigenvalue weighted by molar-refractivity contribution is 7.17. The predicted octanol–water partition coefficient (Wildman–Crippen LogP) is 4.10. The molecule has 1 fully saturated rings. The van der Waals surface area contributed by atoms with Crippen molar-refractivity contribution in [1.29, 1.82) is 0 Å². The Hall–Kier alpha value is -2.15. The normalized spacial score (nSPS) is 18.6. The van der Waals surface area contributed by atoms with E-state index >= 15 is 0 Å². The van der Waals surface area contributed by atoms with Gasteiger partial charge in [0.2, 0.25) is 5.89 Å². The number of nitrogens with one attached hydrogen (secondary N) is 1. The third-order valence-corrected chi connectivity index (χ3v) is 5.36. The van der Waals surface area contributed by atoms with Crippen LogP contribution in [0.1, 0.15) is 67.3 Å². The van der Waals surface area contributed by atoms with Gasteiger partial charge in [-0.25, -0.2) is 0 Å². The Labute approximate surface area is 143 Å². The summed E-state index contributed by atoms with van der Waals surface area (Å²) in [4.78, 5) is 22.6. The number of rotatable bonds is 3. The third kappa shape index (κ3) is 2.62. The lowest BCUT2D eigenvalue weighted by Crippen LogP contribution is -2.38. The van der Waals surface area contributed by atoms with Crippen LogP contribution in [0.15, 0.2) is 22.0 Å². The Kier molecular flexibility index (Phi) is 3.88. The quantitative estimate of drug-likeness (QED) is 0.776. The van der Waals surface area contributed by atoms with E-state index in [0.717, 1.165) is 36.0 Å². The Bertz CT molecular complexity index is 834. The predicted molar refractivity (Wildman–Crippen MR) is 92.2 cm³/mol. The first-order valence-electron chi connectivity index (χ1n) is 8.34. The number of aromatic amines is 1. The summed E-state index contributed by atoms with van der Waals surface area (Å²) in [5, 5.41) is 6.07. The fraction of sp³-hybridized carbons (Fsp3) is 0.471. The molecule has 1 amide bonds.